The number of imide groups is 2. The van der Waals surface area contributed by atoms with E-state index in [-0.39, 0.29) is 5.57 Å². The van der Waals surface area contributed by atoms with Gasteiger partial charge in [0.1, 0.15) is 5.57 Å². The second-order valence-electron chi connectivity index (χ2n) is 6.48. The van der Waals surface area contributed by atoms with Gasteiger partial charge in [-0.15, -0.1) is 6.58 Å². The number of allylic oxidation sites excluding steroid dienone is 1. The number of aromatic nitrogens is 1. The number of benzene rings is 2. The van der Waals surface area contributed by atoms with Crippen LogP contribution in [0.5, 0.6) is 0 Å². The van der Waals surface area contributed by atoms with Gasteiger partial charge >= 0.3 is 6.03 Å². The maximum absolute atomic E-state index is 13.0. The highest BCUT2D eigenvalue weighted by atomic mass is 79.9. The number of nitrogens with zero attached hydrogens (tertiary/aromatic N) is 2. The molecule has 3 aromatic rings. The Morgan fingerprint density at radius 2 is 1.76 bits per heavy atom. The average molecular weight is 450 g/mol. The minimum absolute atomic E-state index is 0.103. The SMILES string of the molecule is C=CCn1cc(/C=C2/C(=O)NC(=O)N(c3ccc(Br)cc3)C2=O)c2ccccc21. The maximum Gasteiger partial charge on any atom is 0.335 e. The number of barbiturate groups is 1. The van der Waals surface area contributed by atoms with E-state index in [0.717, 1.165) is 20.3 Å². The smallest absolute Gasteiger partial charge is 0.335 e. The summed E-state index contributed by atoms with van der Waals surface area (Å²) in [6.45, 7) is 4.36. The highest BCUT2D eigenvalue weighted by Gasteiger charge is 2.36. The lowest BCUT2D eigenvalue weighted by molar-refractivity contribution is -0.122. The average Bonchev–Trinajstić information content (AvgIpc) is 3.04. The van der Waals surface area contributed by atoms with Crippen LogP contribution >= 0.6 is 15.9 Å². The zero-order valence-corrected chi connectivity index (χ0v) is 16.8. The molecule has 1 aromatic heterocycles. The van der Waals surface area contributed by atoms with Crippen molar-refractivity contribution in [2.24, 2.45) is 0 Å². The number of carbonyl (C=O) groups is 3. The molecule has 0 aliphatic carbocycles. The number of para-hydroxylation sites is 1. The summed E-state index contributed by atoms with van der Waals surface area (Å²) >= 11 is 3.32. The topological polar surface area (TPSA) is 71.4 Å². The Labute approximate surface area is 175 Å². The van der Waals surface area contributed by atoms with E-state index in [1.807, 2.05) is 35.0 Å². The quantitative estimate of drug-likeness (QED) is 0.367. The lowest BCUT2D eigenvalue weighted by Crippen LogP contribution is -2.54. The minimum atomic E-state index is -0.770. The van der Waals surface area contributed by atoms with Gasteiger partial charge in [0, 0.05) is 33.7 Å². The zero-order chi connectivity index (χ0) is 20.5. The summed E-state index contributed by atoms with van der Waals surface area (Å²) in [5, 5.41) is 3.15. The summed E-state index contributed by atoms with van der Waals surface area (Å²) < 4.78 is 2.80. The van der Waals surface area contributed by atoms with Gasteiger partial charge in [-0.1, -0.05) is 40.2 Å². The fraction of sp³-hybridized carbons (Fsp3) is 0.0455. The lowest BCUT2D eigenvalue weighted by atomic mass is 10.1. The predicted molar refractivity (Wildman–Crippen MR) is 115 cm³/mol. The van der Waals surface area contributed by atoms with Gasteiger partial charge in [0.2, 0.25) is 0 Å². The first kappa shape index (κ1) is 18.9. The first-order valence-electron chi connectivity index (χ1n) is 8.85. The fourth-order valence-corrected chi connectivity index (χ4v) is 3.58. The van der Waals surface area contributed by atoms with Gasteiger partial charge < -0.3 is 4.57 Å². The molecule has 29 heavy (non-hydrogen) atoms. The van der Waals surface area contributed by atoms with Crippen LogP contribution in [0.25, 0.3) is 17.0 Å². The monoisotopic (exact) mass is 449 g/mol. The molecule has 0 spiro atoms. The molecule has 4 amide bonds. The van der Waals surface area contributed by atoms with Crippen molar-refractivity contribution in [2.45, 2.75) is 6.54 Å². The second kappa shape index (κ2) is 7.52. The molecule has 2 heterocycles. The molecule has 4 rings (SSSR count). The number of fused-ring (bicyclic) bond motifs is 1. The molecule has 2 aromatic carbocycles. The van der Waals surface area contributed by atoms with Gasteiger partial charge in [-0.05, 0) is 36.4 Å². The van der Waals surface area contributed by atoms with Crippen LogP contribution in [0.1, 0.15) is 5.56 Å². The summed E-state index contributed by atoms with van der Waals surface area (Å²) in [7, 11) is 0. The predicted octanol–water partition coefficient (Wildman–Crippen LogP) is 4.26. The summed E-state index contributed by atoms with van der Waals surface area (Å²) in [5.74, 6) is -1.38. The standard InChI is InChI=1S/C22H16BrN3O3/c1-2-11-25-13-14(17-5-3-4-6-19(17)25)12-18-20(27)24-22(29)26(21(18)28)16-9-7-15(23)8-10-16/h2-10,12-13H,1,11H2,(H,24,27,29)/b18-12-. The molecule has 144 valence electrons. The number of amides is 4. The molecule has 1 saturated heterocycles. The number of rotatable bonds is 4. The third-order valence-corrected chi connectivity index (χ3v) is 5.16. The normalized spacial score (nSPS) is 15.8. The number of nitrogens with one attached hydrogen (secondary N) is 1. The van der Waals surface area contributed by atoms with Gasteiger partial charge in [-0.25, -0.2) is 9.69 Å². The molecule has 0 bridgehead atoms. The fourth-order valence-electron chi connectivity index (χ4n) is 3.32. The van der Waals surface area contributed by atoms with E-state index in [1.54, 1.807) is 30.3 Å². The summed E-state index contributed by atoms with van der Waals surface area (Å²) in [4.78, 5) is 38.8. The van der Waals surface area contributed by atoms with E-state index >= 15 is 0 Å². The van der Waals surface area contributed by atoms with Crippen LogP contribution in [0.4, 0.5) is 10.5 Å². The van der Waals surface area contributed by atoms with Gasteiger partial charge in [0.15, 0.2) is 0 Å². The van der Waals surface area contributed by atoms with Crippen molar-refractivity contribution in [3.63, 3.8) is 0 Å². The van der Waals surface area contributed by atoms with Crippen LogP contribution in [0.15, 0.2) is 77.4 Å². The number of halogens is 1. The van der Waals surface area contributed by atoms with Crippen molar-refractivity contribution >= 4 is 56.4 Å². The van der Waals surface area contributed by atoms with Crippen LogP contribution in [0.3, 0.4) is 0 Å². The third kappa shape index (κ3) is 3.40. The van der Waals surface area contributed by atoms with Crippen molar-refractivity contribution in [2.75, 3.05) is 4.90 Å². The molecule has 0 saturated carbocycles. The number of urea groups is 1. The van der Waals surface area contributed by atoms with Gasteiger partial charge in [-0.3, -0.25) is 14.9 Å². The van der Waals surface area contributed by atoms with E-state index in [1.165, 1.54) is 6.08 Å². The molecule has 1 N–H and O–H groups in total. The molecule has 0 unspecified atom stereocenters. The highest BCUT2D eigenvalue weighted by molar-refractivity contribution is 9.10. The number of hydrogen-bond acceptors (Lipinski definition) is 3. The van der Waals surface area contributed by atoms with Crippen LogP contribution in [-0.4, -0.2) is 22.4 Å². The van der Waals surface area contributed by atoms with E-state index in [0.29, 0.717) is 17.8 Å². The van der Waals surface area contributed by atoms with Gasteiger partial charge in [0.05, 0.1) is 5.69 Å². The van der Waals surface area contributed by atoms with E-state index in [4.69, 9.17) is 0 Å². The van der Waals surface area contributed by atoms with Crippen molar-refractivity contribution in [3.8, 4) is 0 Å². The number of hydrogen-bond donors (Lipinski definition) is 1. The summed E-state index contributed by atoms with van der Waals surface area (Å²) in [5.41, 5.74) is 1.95. The lowest BCUT2D eigenvalue weighted by Gasteiger charge is -2.26. The first-order chi connectivity index (χ1) is 14.0. The Bertz CT molecular complexity index is 1190. The van der Waals surface area contributed by atoms with Crippen molar-refractivity contribution in [3.05, 3.63) is 83.0 Å². The van der Waals surface area contributed by atoms with Gasteiger partial charge in [0.25, 0.3) is 11.8 Å². The van der Waals surface area contributed by atoms with Crippen LogP contribution in [0.2, 0.25) is 0 Å². The Morgan fingerprint density at radius 1 is 1.03 bits per heavy atom. The van der Waals surface area contributed by atoms with Crippen molar-refractivity contribution < 1.29 is 14.4 Å². The first-order valence-corrected chi connectivity index (χ1v) is 9.64. The molecule has 6 nitrogen and oxygen atoms in total. The summed E-state index contributed by atoms with van der Waals surface area (Å²) in [6.07, 6.45) is 5.16. The molecule has 0 radical (unpaired) electrons. The van der Waals surface area contributed by atoms with Crippen LogP contribution < -0.4 is 10.2 Å². The highest BCUT2D eigenvalue weighted by Crippen LogP contribution is 2.27. The second-order valence-corrected chi connectivity index (χ2v) is 7.39. The Kier molecular flexibility index (Phi) is 4.90. The zero-order valence-electron chi connectivity index (χ0n) is 15.3. The largest absolute Gasteiger partial charge is 0.343 e. The Hall–Kier alpha value is -3.45. The molecular weight excluding hydrogens is 434 g/mol. The molecular formula is C22H16BrN3O3. The maximum atomic E-state index is 13.0. The van der Waals surface area contributed by atoms with E-state index in [9.17, 15) is 14.4 Å². The van der Waals surface area contributed by atoms with E-state index < -0.39 is 17.8 Å². The molecule has 1 fully saturated rings. The van der Waals surface area contributed by atoms with Crippen molar-refractivity contribution in [1.29, 1.82) is 0 Å². The summed E-state index contributed by atoms with van der Waals surface area (Å²) in [6, 6.07) is 13.6. The molecule has 1 aliphatic rings. The van der Waals surface area contributed by atoms with E-state index in [2.05, 4.69) is 27.8 Å². The Morgan fingerprint density at radius 3 is 2.48 bits per heavy atom. The van der Waals surface area contributed by atoms with Crippen LogP contribution in [0, 0.1) is 0 Å². The van der Waals surface area contributed by atoms with Crippen molar-refractivity contribution in [1.82, 2.24) is 9.88 Å². The van der Waals surface area contributed by atoms with Crippen LogP contribution in [-0.2, 0) is 16.1 Å². The molecule has 0 atom stereocenters. The minimum Gasteiger partial charge on any atom is -0.343 e. The molecule has 1 aliphatic heterocycles. The van der Waals surface area contributed by atoms with Gasteiger partial charge in [-0.2, -0.15) is 0 Å². The number of carbonyl (C=O) groups excluding carboxylic acids is 3. The third-order valence-electron chi connectivity index (χ3n) is 4.63. The Balaban J connectivity index is 1.80. The molecule has 7 heteroatoms. The number of anilines is 1.